The number of H-pyrrole nitrogens is 1. The molecule has 3 heterocycles. The lowest BCUT2D eigenvalue weighted by atomic mass is 10.2. The van der Waals surface area contributed by atoms with Crippen molar-refractivity contribution < 1.29 is 4.74 Å². The summed E-state index contributed by atoms with van der Waals surface area (Å²) in [5.41, 5.74) is 3.58. The van der Waals surface area contributed by atoms with Crippen LogP contribution in [0.25, 0.3) is 10.9 Å². The van der Waals surface area contributed by atoms with Crippen LogP contribution < -0.4 is 15.6 Å². The zero-order chi connectivity index (χ0) is 22.0. The van der Waals surface area contributed by atoms with E-state index in [4.69, 9.17) is 4.74 Å². The van der Waals surface area contributed by atoms with Gasteiger partial charge in [0.05, 0.1) is 18.5 Å². The highest BCUT2D eigenvalue weighted by atomic mass is 32.2. The molecule has 158 valence electrons. The minimum atomic E-state index is -0.274. The Morgan fingerprint density at radius 3 is 2.55 bits per heavy atom. The Morgan fingerprint density at radius 2 is 1.81 bits per heavy atom. The molecule has 3 aromatic heterocycles. The third kappa shape index (κ3) is 4.80. The van der Waals surface area contributed by atoms with Crippen LogP contribution in [0, 0.1) is 20.8 Å². The molecule has 0 amide bonds. The zero-order valence-electron chi connectivity index (χ0n) is 17.6. The molecule has 0 saturated carbocycles. The van der Waals surface area contributed by atoms with Crippen LogP contribution in [0.4, 0.5) is 11.9 Å². The van der Waals surface area contributed by atoms with Gasteiger partial charge in [-0.05, 0) is 32.9 Å². The maximum atomic E-state index is 12.2. The lowest BCUT2D eigenvalue weighted by Gasteiger charge is -2.10. The van der Waals surface area contributed by atoms with Crippen molar-refractivity contribution in [1.29, 1.82) is 0 Å². The van der Waals surface area contributed by atoms with E-state index in [-0.39, 0.29) is 11.5 Å². The summed E-state index contributed by atoms with van der Waals surface area (Å²) in [6, 6.07) is 9.04. The van der Waals surface area contributed by atoms with Gasteiger partial charge in [0.15, 0.2) is 5.16 Å². The average Bonchev–Trinajstić information content (AvgIpc) is 2.71. The van der Waals surface area contributed by atoms with Crippen molar-refractivity contribution in [3.05, 3.63) is 63.5 Å². The fraction of sp³-hybridized carbons (Fsp3) is 0.238. The molecule has 9 nitrogen and oxygen atoms in total. The first-order valence-corrected chi connectivity index (χ1v) is 10.5. The van der Waals surface area contributed by atoms with Crippen LogP contribution in [0.1, 0.15) is 22.8 Å². The number of benzene rings is 1. The zero-order valence-corrected chi connectivity index (χ0v) is 18.4. The maximum absolute atomic E-state index is 12.2. The summed E-state index contributed by atoms with van der Waals surface area (Å²) in [4.78, 5) is 37.2. The van der Waals surface area contributed by atoms with E-state index in [9.17, 15) is 4.79 Å². The quantitative estimate of drug-likeness (QED) is 0.346. The second kappa shape index (κ2) is 8.68. The van der Waals surface area contributed by atoms with Gasteiger partial charge in [-0.2, -0.15) is 0 Å². The topological polar surface area (TPSA) is 119 Å². The lowest BCUT2D eigenvalue weighted by molar-refractivity contribution is 0.419. The highest BCUT2D eigenvalue weighted by Gasteiger charge is 2.11. The summed E-state index contributed by atoms with van der Waals surface area (Å²) >= 11 is 1.42. The normalized spacial score (nSPS) is 11.0. The number of nitrogens with zero attached hydrogens (tertiary/aromatic N) is 5. The molecule has 0 aliphatic carbocycles. The van der Waals surface area contributed by atoms with Crippen LogP contribution in [0.3, 0.4) is 0 Å². The van der Waals surface area contributed by atoms with Crippen molar-refractivity contribution in [2.24, 2.45) is 0 Å². The van der Waals surface area contributed by atoms with E-state index in [0.29, 0.717) is 33.8 Å². The van der Waals surface area contributed by atoms with Gasteiger partial charge >= 0.3 is 0 Å². The summed E-state index contributed by atoms with van der Waals surface area (Å²) in [5.74, 6) is 1.68. The largest absolute Gasteiger partial charge is 0.494 e. The number of aromatic nitrogens is 6. The summed E-state index contributed by atoms with van der Waals surface area (Å²) in [5, 5.41) is 4.54. The second-order valence-corrected chi connectivity index (χ2v) is 7.86. The Morgan fingerprint density at radius 1 is 1.03 bits per heavy atom. The molecule has 0 aliphatic rings. The molecule has 0 spiro atoms. The van der Waals surface area contributed by atoms with Gasteiger partial charge < -0.3 is 4.74 Å². The van der Waals surface area contributed by atoms with E-state index in [1.54, 1.807) is 7.11 Å². The summed E-state index contributed by atoms with van der Waals surface area (Å²) in [7, 11) is 1.60. The van der Waals surface area contributed by atoms with E-state index < -0.39 is 0 Å². The highest BCUT2D eigenvalue weighted by Crippen LogP contribution is 2.26. The van der Waals surface area contributed by atoms with E-state index >= 15 is 0 Å². The van der Waals surface area contributed by atoms with Gasteiger partial charge in [-0.15, -0.1) is 0 Å². The molecule has 31 heavy (non-hydrogen) atoms. The molecule has 0 atom stereocenters. The number of methoxy groups -OCH3 is 1. The first-order valence-electron chi connectivity index (χ1n) is 9.55. The fourth-order valence-electron chi connectivity index (χ4n) is 3.14. The number of hydrogen-bond acceptors (Lipinski definition) is 9. The molecule has 0 aliphatic heterocycles. The molecule has 1 aromatic carbocycles. The summed E-state index contributed by atoms with van der Waals surface area (Å²) in [6.07, 6.45) is 0. The number of aryl methyl sites for hydroxylation is 3. The van der Waals surface area contributed by atoms with Gasteiger partial charge in [-0.3, -0.25) is 15.1 Å². The fourth-order valence-corrected chi connectivity index (χ4v) is 3.99. The molecule has 0 bridgehead atoms. The number of aromatic amines is 1. The van der Waals surface area contributed by atoms with Gasteiger partial charge in [0.25, 0.3) is 5.56 Å². The van der Waals surface area contributed by atoms with Gasteiger partial charge in [0.1, 0.15) is 11.3 Å². The number of thioether (sulfide) groups is 1. The Balaban J connectivity index is 1.59. The molecule has 0 unspecified atom stereocenters. The number of hydrogen-bond donors (Lipinski definition) is 2. The van der Waals surface area contributed by atoms with Crippen molar-refractivity contribution >= 4 is 34.6 Å². The first kappa shape index (κ1) is 20.7. The molecular weight excluding hydrogens is 414 g/mol. The van der Waals surface area contributed by atoms with Gasteiger partial charge in [-0.25, -0.2) is 24.9 Å². The minimum Gasteiger partial charge on any atom is -0.494 e. The standard InChI is InChI=1S/C21H21N7O2S/c1-11-8-12(2)23-21(22-11)31-10-14-9-17(29)26-20(25-14)28-19-24-13(3)15-6-5-7-16(30-4)18(15)27-19/h5-9H,10H2,1-4H3,(H2,24,25,26,27,28,29). The maximum Gasteiger partial charge on any atom is 0.252 e. The average molecular weight is 436 g/mol. The molecular formula is C21H21N7O2S. The van der Waals surface area contributed by atoms with Gasteiger partial charge in [-0.1, -0.05) is 23.9 Å². The highest BCUT2D eigenvalue weighted by molar-refractivity contribution is 7.98. The van der Waals surface area contributed by atoms with Crippen LogP contribution in [0.2, 0.25) is 0 Å². The van der Waals surface area contributed by atoms with Crippen molar-refractivity contribution in [3.63, 3.8) is 0 Å². The van der Waals surface area contributed by atoms with E-state index in [1.165, 1.54) is 17.8 Å². The molecule has 0 saturated heterocycles. The van der Waals surface area contributed by atoms with Crippen LogP contribution in [0.5, 0.6) is 5.75 Å². The Bertz CT molecular complexity index is 1300. The third-order valence-electron chi connectivity index (χ3n) is 4.44. The van der Waals surface area contributed by atoms with E-state index in [0.717, 1.165) is 22.5 Å². The van der Waals surface area contributed by atoms with Crippen molar-refractivity contribution in [2.45, 2.75) is 31.7 Å². The number of anilines is 2. The Kier molecular flexibility index (Phi) is 5.81. The number of ether oxygens (including phenoxy) is 1. The first-order chi connectivity index (χ1) is 14.9. The number of rotatable bonds is 6. The summed E-state index contributed by atoms with van der Waals surface area (Å²) < 4.78 is 5.41. The second-order valence-electron chi connectivity index (χ2n) is 6.92. The smallest absolute Gasteiger partial charge is 0.252 e. The Labute approximate surface area is 182 Å². The van der Waals surface area contributed by atoms with Crippen LogP contribution >= 0.6 is 11.8 Å². The van der Waals surface area contributed by atoms with Crippen LogP contribution in [0.15, 0.2) is 40.3 Å². The van der Waals surface area contributed by atoms with Crippen molar-refractivity contribution in [3.8, 4) is 5.75 Å². The minimum absolute atomic E-state index is 0.262. The van der Waals surface area contributed by atoms with Crippen LogP contribution in [-0.2, 0) is 5.75 Å². The van der Waals surface area contributed by atoms with Crippen LogP contribution in [-0.4, -0.2) is 37.0 Å². The predicted octanol–water partition coefficient (Wildman–Crippen LogP) is 3.47. The van der Waals surface area contributed by atoms with Gasteiger partial charge in [0, 0.05) is 28.6 Å². The number of para-hydroxylation sites is 1. The summed E-state index contributed by atoms with van der Waals surface area (Å²) in [6.45, 7) is 5.74. The monoisotopic (exact) mass is 435 g/mol. The Hall–Kier alpha value is -3.53. The molecule has 2 N–H and O–H groups in total. The molecule has 0 fully saturated rings. The molecule has 4 rings (SSSR count). The lowest BCUT2D eigenvalue weighted by Crippen LogP contribution is -2.13. The van der Waals surface area contributed by atoms with E-state index in [1.807, 2.05) is 45.0 Å². The predicted molar refractivity (Wildman–Crippen MR) is 120 cm³/mol. The SMILES string of the molecule is COc1cccc2c(C)nc(Nc3nc(CSc4nc(C)cc(C)n4)cc(=O)[nH]3)nc12. The van der Waals surface area contributed by atoms with E-state index in [2.05, 4.69) is 35.2 Å². The number of fused-ring (bicyclic) bond motifs is 1. The van der Waals surface area contributed by atoms with Crippen molar-refractivity contribution in [1.82, 2.24) is 29.9 Å². The number of nitrogens with one attached hydrogen (secondary N) is 2. The van der Waals surface area contributed by atoms with Gasteiger partial charge in [0.2, 0.25) is 11.9 Å². The third-order valence-corrected chi connectivity index (χ3v) is 5.32. The molecule has 10 heteroatoms. The molecule has 4 aromatic rings. The molecule has 0 radical (unpaired) electrons. The van der Waals surface area contributed by atoms with Crippen molar-refractivity contribution in [2.75, 3.05) is 12.4 Å².